The summed E-state index contributed by atoms with van der Waals surface area (Å²) in [6.07, 6.45) is 0.458. The van der Waals surface area contributed by atoms with Crippen LogP contribution in [-0.4, -0.2) is 70.3 Å². The van der Waals surface area contributed by atoms with Crippen LogP contribution in [0.25, 0.3) is 11.3 Å². The fourth-order valence-corrected chi connectivity index (χ4v) is 4.61. The maximum atomic E-state index is 12.9. The Hall–Kier alpha value is -2.87. The molecule has 1 N–H and O–H groups in total. The Kier molecular flexibility index (Phi) is 5.75. The zero-order valence-corrected chi connectivity index (χ0v) is 19.5. The normalized spacial score (nSPS) is 21.3. The average molecular weight is 441 g/mol. The van der Waals surface area contributed by atoms with E-state index < -0.39 is 11.1 Å². The minimum absolute atomic E-state index is 0.206. The highest BCUT2D eigenvalue weighted by molar-refractivity contribution is 5.72. The summed E-state index contributed by atoms with van der Waals surface area (Å²) in [6, 6.07) is 7.56. The number of hydrogen-bond donors (Lipinski definition) is 1. The summed E-state index contributed by atoms with van der Waals surface area (Å²) in [5, 5.41) is 19.3. The van der Waals surface area contributed by atoms with E-state index in [1.807, 2.05) is 57.7 Å². The van der Waals surface area contributed by atoms with Gasteiger partial charge in [-0.05, 0) is 70.4 Å². The van der Waals surface area contributed by atoms with Crippen molar-refractivity contribution in [3.63, 3.8) is 0 Å². The lowest BCUT2D eigenvalue weighted by Crippen LogP contribution is -2.65. The number of piperazine rings is 1. The molecule has 1 unspecified atom stereocenters. The van der Waals surface area contributed by atoms with Gasteiger partial charge in [-0.25, -0.2) is 4.79 Å². The first-order chi connectivity index (χ1) is 15.1. The van der Waals surface area contributed by atoms with Crippen LogP contribution in [-0.2, 0) is 9.47 Å². The van der Waals surface area contributed by atoms with Crippen LogP contribution in [0.4, 0.5) is 10.6 Å². The van der Waals surface area contributed by atoms with Gasteiger partial charge in [0.2, 0.25) is 0 Å². The quantitative estimate of drug-likeness (QED) is 0.762. The Morgan fingerprint density at radius 1 is 1.19 bits per heavy atom. The number of amides is 1. The Balaban J connectivity index is 1.55. The number of benzene rings is 1. The summed E-state index contributed by atoms with van der Waals surface area (Å²) in [5.41, 5.74) is 2.31. The molecule has 0 saturated carbocycles. The summed E-state index contributed by atoms with van der Waals surface area (Å²) in [4.78, 5) is 16.9. The van der Waals surface area contributed by atoms with Gasteiger partial charge >= 0.3 is 6.09 Å². The van der Waals surface area contributed by atoms with Gasteiger partial charge in [0.1, 0.15) is 11.4 Å². The van der Waals surface area contributed by atoms with E-state index in [-0.39, 0.29) is 11.8 Å². The van der Waals surface area contributed by atoms with Crippen molar-refractivity contribution in [2.75, 3.05) is 37.7 Å². The molecule has 32 heavy (non-hydrogen) atoms. The molecule has 1 atom stereocenters. The van der Waals surface area contributed by atoms with Crippen LogP contribution in [0.3, 0.4) is 0 Å². The van der Waals surface area contributed by atoms with E-state index in [1.165, 1.54) is 0 Å². The number of hydrogen-bond acceptors (Lipinski definition) is 7. The second-order valence-electron chi connectivity index (χ2n) is 9.83. The average Bonchev–Trinajstić information content (AvgIpc) is 3.14. The van der Waals surface area contributed by atoms with Gasteiger partial charge in [0.15, 0.2) is 5.82 Å². The Morgan fingerprint density at radius 2 is 1.97 bits per heavy atom. The van der Waals surface area contributed by atoms with Gasteiger partial charge < -0.3 is 19.5 Å². The fourth-order valence-electron chi connectivity index (χ4n) is 4.61. The number of rotatable bonds is 2. The number of phenolic OH excluding ortho intramolecular Hbond substituents is 1. The number of phenols is 1. The topological polar surface area (TPSA) is 88.0 Å². The summed E-state index contributed by atoms with van der Waals surface area (Å²) in [6.45, 7) is 12.4. The van der Waals surface area contributed by atoms with Crippen molar-refractivity contribution in [3.8, 4) is 17.0 Å². The van der Waals surface area contributed by atoms with Crippen LogP contribution in [0.1, 0.15) is 38.3 Å². The van der Waals surface area contributed by atoms with Crippen LogP contribution >= 0.6 is 0 Å². The van der Waals surface area contributed by atoms with E-state index in [1.54, 1.807) is 6.07 Å². The van der Waals surface area contributed by atoms with Crippen molar-refractivity contribution < 1.29 is 19.4 Å². The second kappa shape index (κ2) is 8.24. The van der Waals surface area contributed by atoms with Gasteiger partial charge in [-0.2, -0.15) is 0 Å². The van der Waals surface area contributed by atoms with Crippen molar-refractivity contribution in [3.05, 3.63) is 35.4 Å². The third-order valence-electron chi connectivity index (χ3n) is 6.04. The minimum Gasteiger partial charge on any atom is -0.507 e. The zero-order valence-electron chi connectivity index (χ0n) is 19.5. The van der Waals surface area contributed by atoms with E-state index in [9.17, 15) is 9.90 Å². The predicted molar refractivity (Wildman–Crippen MR) is 122 cm³/mol. The zero-order chi connectivity index (χ0) is 23.1. The molecule has 8 nitrogen and oxygen atoms in total. The predicted octanol–water partition coefficient (Wildman–Crippen LogP) is 3.68. The Bertz CT molecular complexity index is 971. The van der Waals surface area contributed by atoms with Crippen molar-refractivity contribution in [1.29, 1.82) is 0 Å². The molecule has 0 bridgehead atoms. The van der Waals surface area contributed by atoms with E-state index >= 15 is 0 Å². The molecular formula is C24H32N4O4. The number of aromatic hydroxyl groups is 1. The molecule has 2 aromatic rings. The Labute approximate surface area is 189 Å². The van der Waals surface area contributed by atoms with E-state index in [0.717, 1.165) is 23.4 Å². The molecule has 0 radical (unpaired) electrons. The summed E-state index contributed by atoms with van der Waals surface area (Å²) < 4.78 is 11.4. The summed E-state index contributed by atoms with van der Waals surface area (Å²) in [7, 11) is 0. The molecule has 0 aliphatic carbocycles. The first kappa shape index (κ1) is 22.3. The van der Waals surface area contributed by atoms with Crippen LogP contribution in [0.2, 0.25) is 0 Å². The van der Waals surface area contributed by atoms with Gasteiger partial charge in [0.25, 0.3) is 0 Å². The number of carbonyl (C=O) groups is 1. The highest BCUT2D eigenvalue weighted by Crippen LogP contribution is 2.35. The number of nitrogens with zero attached hydrogens (tertiary/aromatic N) is 4. The van der Waals surface area contributed by atoms with Gasteiger partial charge in [-0.1, -0.05) is 6.07 Å². The number of aromatic nitrogens is 2. The van der Waals surface area contributed by atoms with E-state index in [0.29, 0.717) is 44.1 Å². The SMILES string of the molecule is Cc1cc(C)c(-c2ccc(N3CCN(C(=O)OC(C)(C)C)C4(CCOC4)C3)nn2)c(O)c1. The summed E-state index contributed by atoms with van der Waals surface area (Å²) >= 11 is 0. The lowest BCUT2D eigenvalue weighted by Gasteiger charge is -2.48. The minimum atomic E-state index is -0.546. The van der Waals surface area contributed by atoms with Crippen molar-refractivity contribution in [1.82, 2.24) is 15.1 Å². The van der Waals surface area contributed by atoms with E-state index in [4.69, 9.17) is 9.47 Å². The molecule has 1 spiro atoms. The number of anilines is 1. The fraction of sp³-hybridized carbons (Fsp3) is 0.542. The van der Waals surface area contributed by atoms with E-state index in [2.05, 4.69) is 15.1 Å². The molecule has 2 aliphatic heterocycles. The van der Waals surface area contributed by atoms with Gasteiger partial charge in [-0.15, -0.1) is 10.2 Å². The van der Waals surface area contributed by atoms with Gasteiger partial charge in [0.05, 0.1) is 17.8 Å². The summed E-state index contributed by atoms with van der Waals surface area (Å²) in [5.74, 6) is 0.950. The smallest absolute Gasteiger partial charge is 0.410 e. The molecule has 1 aromatic carbocycles. The highest BCUT2D eigenvalue weighted by atomic mass is 16.6. The maximum absolute atomic E-state index is 12.9. The third kappa shape index (κ3) is 4.37. The standard InChI is InChI=1S/C24H32N4O4/c1-16-12-17(2)21(19(29)13-16)18-6-7-20(26-25-18)27-9-10-28(22(30)32-23(3,4)5)24(14-27)8-11-31-15-24/h6-7,12-13,29H,8-11,14-15H2,1-5H3. The first-order valence-corrected chi connectivity index (χ1v) is 11.1. The van der Waals surface area contributed by atoms with Crippen LogP contribution < -0.4 is 4.90 Å². The van der Waals surface area contributed by atoms with Crippen molar-refractivity contribution >= 4 is 11.9 Å². The van der Waals surface area contributed by atoms with Crippen molar-refractivity contribution in [2.24, 2.45) is 0 Å². The Morgan fingerprint density at radius 3 is 2.56 bits per heavy atom. The monoisotopic (exact) mass is 440 g/mol. The molecule has 8 heteroatoms. The third-order valence-corrected chi connectivity index (χ3v) is 6.04. The number of aryl methyl sites for hydroxylation is 2. The molecule has 1 amide bonds. The number of carbonyl (C=O) groups excluding carboxylic acids is 1. The molecule has 172 valence electrons. The largest absolute Gasteiger partial charge is 0.507 e. The molecule has 2 fully saturated rings. The lowest BCUT2D eigenvalue weighted by molar-refractivity contribution is -0.0102. The molecule has 3 heterocycles. The lowest BCUT2D eigenvalue weighted by atomic mass is 9.93. The molecule has 4 rings (SSSR count). The highest BCUT2D eigenvalue weighted by Gasteiger charge is 2.48. The van der Waals surface area contributed by atoms with Crippen molar-refractivity contribution in [2.45, 2.75) is 52.2 Å². The van der Waals surface area contributed by atoms with Gasteiger partial charge in [-0.3, -0.25) is 4.90 Å². The second-order valence-corrected chi connectivity index (χ2v) is 9.83. The van der Waals surface area contributed by atoms with Crippen LogP contribution in [0.15, 0.2) is 24.3 Å². The molecule has 2 aliphatic rings. The maximum Gasteiger partial charge on any atom is 0.410 e. The molecule has 1 aromatic heterocycles. The van der Waals surface area contributed by atoms with Crippen LogP contribution in [0, 0.1) is 13.8 Å². The van der Waals surface area contributed by atoms with Crippen LogP contribution in [0.5, 0.6) is 5.75 Å². The van der Waals surface area contributed by atoms with Gasteiger partial charge in [0, 0.05) is 31.8 Å². The number of ether oxygens (including phenoxy) is 2. The molecule has 2 saturated heterocycles. The molecular weight excluding hydrogens is 408 g/mol. The first-order valence-electron chi connectivity index (χ1n) is 11.1.